The summed E-state index contributed by atoms with van der Waals surface area (Å²) >= 11 is 5.87. The van der Waals surface area contributed by atoms with E-state index in [-0.39, 0.29) is 11.7 Å². The molecule has 1 atom stereocenters. The van der Waals surface area contributed by atoms with Gasteiger partial charge in [0.15, 0.2) is 0 Å². The van der Waals surface area contributed by atoms with Gasteiger partial charge in [-0.2, -0.15) is 0 Å². The number of aromatic carboxylic acids is 1. The summed E-state index contributed by atoms with van der Waals surface area (Å²) in [6.07, 6.45) is 8.70. The van der Waals surface area contributed by atoms with Crippen LogP contribution in [0.2, 0.25) is 5.02 Å². The van der Waals surface area contributed by atoms with E-state index in [1.54, 1.807) is 12.1 Å². The van der Waals surface area contributed by atoms with Crippen LogP contribution in [0.3, 0.4) is 0 Å². The average Bonchev–Trinajstić information content (AvgIpc) is 2.45. The third-order valence-corrected chi connectivity index (χ3v) is 5.11. The van der Waals surface area contributed by atoms with E-state index in [2.05, 4.69) is 0 Å². The zero-order valence-corrected chi connectivity index (χ0v) is 12.2. The lowest BCUT2D eigenvalue weighted by Crippen LogP contribution is -2.49. The summed E-state index contributed by atoms with van der Waals surface area (Å²) in [6, 6.07) is 4.83. The fraction of sp³-hybridized carbons (Fsp3) is 0.562. The van der Waals surface area contributed by atoms with Crippen LogP contribution in [0.25, 0.3) is 0 Å². The third-order valence-electron chi connectivity index (χ3n) is 4.88. The van der Waals surface area contributed by atoms with Crippen molar-refractivity contribution >= 4 is 17.6 Å². The molecule has 20 heavy (non-hydrogen) atoms. The fourth-order valence-electron chi connectivity index (χ4n) is 3.61. The van der Waals surface area contributed by atoms with Gasteiger partial charge >= 0.3 is 5.97 Å². The van der Waals surface area contributed by atoms with E-state index in [9.17, 15) is 9.90 Å². The Kier molecular flexibility index (Phi) is 3.63. The van der Waals surface area contributed by atoms with Gasteiger partial charge in [-0.3, -0.25) is 0 Å². The molecule has 0 amide bonds. The molecular formula is C16H19ClO3. The van der Waals surface area contributed by atoms with Gasteiger partial charge in [0.05, 0.1) is 0 Å². The van der Waals surface area contributed by atoms with Crippen molar-refractivity contribution in [2.75, 3.05) is 0 Å². The molecule has 1 spiro atoms. The number of hydrogen-bond acceptors (Lipinski definition) is 2. The van der Waals surface area contributed by atoms with Gasteiger partial charge in [-0.1, -0.05) is 30.9 Å². The maximum absolute atomic E-state index is 11.3. The molecule has 3 rings (SSSR count). The Labute approximate surface area is 123 Å². The first-order chi connectivity index (χ1) is 9.61. The number of halogens is 1. The van der Waals surface area contributed by atoms with Crippen molar-refractivity contribution < 1.29 is 14.6 Å². The predicted octanol–water partition coefficient (Wildman–Crippen LogP) is 4.53. The summed E-state index contributed by atoms with van der Waals surface area (Å²) in [4.78, 5) is 11.3. The van der Waals surface area contributed by atoms with Gasteiger partial charge < -0.3 is 9.84 Å². The summed E-state index contributed by atoms with van der Waals surface area (Å²) in [7, 11) is 0. The number of benzene rings is 1. The SMILES string of the molecule is O=C(O)c1cc(Cl)ccc1OC1CCC12CCCCC2. The highest BCUT2D eigenvalue weighted by atomic mass is 35.5. The maximum Gasteiger partial charge on any atom is 0.339 e. The van der Waals surface area contributed by atoms with Crippen LogP contribution in [0.15, 0.2) is 18.2 Å². The first kappa shape index (κ1) is 13.7. The van der Waals surface area contributed by atoms with Crippen molar-refractivity contribution in [3.05, 3.63) is 28.8 Å². The molecule has 108 valence electrons. The highest BCUT2D eigenvalue weighted by Crippen LogP contribution is 2.53. The molecule has 2 saturated carbocycles. The topological polar surface area (TPSA) is 46.5 Å². The molecule has 3 nitrogen and oxygen atoms in total. The van der Waals surface area contributed by atoms with Crippen molar-refractivity contribution in [2.45, 2.75) is 51.0 Å². The molecule has 1 N–H and O–H groups in total. The van der Waals surface area contributed by atoms with E-state index >= 15 is 0 Å². The molecule has 0 radical (unpaired) electrons. The van der Waals surface area contributed by atoms with Crippen LogP contribution in [0, 0.1) is 5.41 Å². The minimum absolute atomic E-state index is 0.162. The van der Waals surface area contributed by atoms with Crippen LogP contribution in [0.1, 0.15) is 55.3 Å². The molecule has 2 aliphatic rings. The van der Waals surface area contributed by atoms with E-state index in [4.69, 9.17) is 16.3 Å². The lowest BCUT2D eigenvalue weighted by Gasteiger charge is -2.51. The quantitative estimate of drug-likeness (QED) is 0.891. The Hall–Kier alpha value is -1.22. The summed E-state index contributed by atoms with van der Waals surface area (Å²) in [5, 5.41) is 9.68. The Bertz CT molecular complexity index is 520. The minimum atomic E-state index is -0.987. The van der Waals surface area contributed by atoms with Gasteiger partial charge in [0.1, 0.15) is 17.4 Å². The predicted molar refractivity (Wildman–Crippen MR) is 77.6 cm³/mol. The summed E-state index contributed by atoms with van der Waals surface area (Å²) < 4.78 is 6.05. The van der Waals surface area contributed by atoms with Crippen LogP contribution in [0.5, 0.6) is 5.75 Å². The van der Waals surface area contributed by atoms with Crippen LogP contribution in [-0.4, -0.2) is 17.2 Å². The van der Waals surface area contributed by atoms with E-state index in [0.29, 0.717) is 16.2 Å². The Morgan fingerprint density at radius 2 is 2.00 bits per heavy atom. The summed E-state index contributed by atoms with van der Waals surface area (Å²) in [5.74, 6) is -0.531. The van der Waals surface area contributed by atoms with Crippen molar-refractivity contribution in [1.82, 2.24) is 0 Å². The highest BCUT2D eigenvalue weighted by molar-refractivity contribution is 6.31. The maximum atomic E-state index is 11.3. The summed E-state index contributed by atoms with van der Waals surface area (Å²) in [6.45, 7) is 0. The van der Waals surface area contributed by atoms with Crippen molar-refractivity contribution in [2.24, 2.45) is 5.41 Å². The number of hydrogen-bond donors (Lipinski definition) is 1. The first-order valence-corrected chi connectivity index (χ1v) is 7.68. The zero-order valence-electron chi connectivity index (χ0n) is 11.4. The van der Waals surface area contributed by atoms with E-state index in [1.165, 1.54) is 44.6 Å². The molecule has 1 aromatic carbocycles. The van der Waals surface area contributed by atoms with Gasteiger partial charge in [0, 0.05) is 10.4 Å². The van der Waals surface area contributed by atoms with Crippen molar-refractivity contribution in [3.8, 4) is 5.75 Å². The number of ether oxygens (including phenoxy) is 1. The van der Waals surface area contributed by atoms with E-state index in [1.807, 2.05) is 0 Å². The zero-order chi connectivity index (χ0) is 14.2. The van der Waals surface area contributed by atoms with E-state index in [0.717, 1.165) is 6.42 Å². The van der Waals surface area contributed by atoms with E-state index < -0.39 is 5.97 Å². The van der Waals surface area contributed by atoms with Gasteiger partial charge in [-0.25, -0.2) is 4.79 Å². The molecule has 1 aromatic rings. The monoisotopic (exact) mass is 294 g/mol. The van der Waals surface area contributed by atoms with Crippen molar-refractivity contribution in [1.29, 1.82) is 0 Å². The molecule has 4 heteroatoms. The van der Waals surface area contributed by atoms with Gasteiger partial charge in [0.25, 0.3) is 0 Å². The van der Waals surface area contributed by atoms with Gasteiger partial charge in [0.2, 0.25) is 0 Å². The second-order valence-electron chi connectivity index (χ2n) is 6.01. The van der Waals surface area contributed by atoms with Crippen molar-refractivity contribution in [3.63, 3.8) is 0 Å². The Balaban J connectivity index is 1.79. The minimum Gasteiger partial charge on any atom is -0.489 e. The molecule has 0 heterocycles. The van der Waals surface area contributed by atoms with Crippen LogP contribution >= 0.6 is 11.6 Å². The van der Waals surface area contributed by atoms with Gasteiger partial charge in [-0.05, 0) is 43.9 Å². The number of rotatable bonds is 3. The van der Waals surface area contributed by atoms with Crippen LogP contribution in [0.4, 0.5) is 0 Å². The molecule has 0 bridgehead atoms. The Morgan fingerprint density at radius 1 is 1.25 bits per heavy atom. The largest absolute Gasteiger partial charge is 0.489 e. The first-order valence-electron chi connectivity index (χ1n) is 7.30. The summed E-state index contributed by atoms with van der Waals surface area (Å²) in [5.41, 5.74) is 0.462. The standard InChI is InChI=1S/C16H19ClO3/c17-11-4-5-13(12(10-11)15(18)19)20-14-6-9-16(14)7-2-1-3-8-16/h4-5,10,14H,1-3,6-9H2,(H,18,19). The fourth-order valence-corrected chi connectivity index (χ4v) is 3.78. The Morgan fingerprint density at radius 3 is 2.60 bits per heavy atom. The van der Waals surface area contributed by atoms with Gasteiger partial charge in [-0.15, -0.1) is 0 Å². The normalized spacial score (nSPS) is 24.1. The molecule has 2 aliphatic carbocycles. The molecule has 0 saturated heterocycles. The second-order valence-corrected chi connectivity index (χ2v) is 6.45. The third kappa shape index (κ3) is 2.39. The molecular weight excluding hydrogens is 276 g/mol. The highest BCUT2D eigenvalue weighted by Gasteiger charge is 2.48. The number of carbonyl (C=O) groups is 1. The smallest absolute Gasteiger partial charge is 0.339 e. The lowest BCUT2D eigenvalue weighted by atomic mass is 9.58. The average molecular weight is 295 g/mol. The number of carboxylic acids is 1. The number of carboxylic acid groups (broad SMARTS) is 1. The molecule has 0 aliphatic heterocycles. The van der Waals surface area contributed by atoms with Crippen LogP contribution in [-0.2, 0) is 0 Å². The second kappa shape index (κ2) is 5.28. The molecule has 1 unspecified atom stereocenters. The lowest BCUT2D eigenvalue weighted by molar-refractivity contribution is -0.0706. The van der Waals surface area contributed by atoms with Crippen LogP contribution < -0.4 is 4.74 Å². The molecule has 0 aromatic heterocycles. The molecule has 2 fully saturated rings.